The minimum absolute atomic E-state index is 0.384. The second-order valence-electron chi connectivity index (χ2n) is 6.52. The number of fused-ring (bicyclic) bond motifs is 1. The van der Waals surface area contributed by atoms with E-state index in [-0.39, 0.29) is 6.09 Å². The van der Waals surface area contributed by atoms with Crippen LogP contribution in [-0.4, -0.2) is 25.3 Å². The minimum Gasteiger partial charge on any atom is -0.496 e. The van der Waals surface area contributed by atoms with Gasteiger partial charge in [-0.2, -0.15) is 0 Å². The average molecular weight is 327 g/mol. The Bertz CT molecular complexity index is 729. The number of ether oxygens (including phenoxy) is 2. The predicted octanol–water partition coefficient (Wildman–Crippen LogP) is 4.78. The van der Waals surface area contributed by atoms with Crippen LogP contribution in [0.4, 0.5) is 4.79 Å². The van der Waals surface area contributed by atoms with Gasteiger partial charge in [0.1, 0.15) is 11.4 Å². The third-order valence-corrected chi connectivity index (χ3v) is 3.41. The first kappa shape index (κ1) is 17.9. The van der Waals surface area contributed by atoms with Crippen molar-refractivity contribution >= 4 is 22.9 Å². The van der Waals surface area contributed by atoms with Gasteiger partial charge in [-0.1, -0.05) is 42.5 Å². The molecule has 2 aromatic carbocycles. The molecule has 4 heteroatoms. The summed E-state index contributed by atoms with van der Waals surface area (Å²) in [6, 6.07) is 12.2. The van der Waals surface area contributed by atoms with E-state index >= 15 is 0 Å². The Labute approximate surface area is 143 Å². The van der Waals surface area contributed by atoms with Crippen molar-refractivity contribution in [1.82, 2.24) is 5.32 Å². The number of methoxy groups -OCH3 is 1. The fourth-order valence-electron chi connectivity index (χ4n) is 2.40. The second-order valence-corrected chi connectivity index (χ2v) is 6.52. The molecule has 0 radical (unpaired) electrons. The molecule has 2 aromatic rings. The normalized spacial score (nSPS) is 11.7. The standard InChI is InChI=1S/C20H25NO3/c1-20(2,3)24-19(22)21-14-8-7-9-15-12-13-18(23-4)17-11-6-5-10-16(15)17/h5-7,9-13H,8,14H2,1-4H3,(H,21,22). The number of nitrogens with one attached hydrogen (secondary N) is 1. The van der Waals surface area contributed by atoms with Crippen molar-refractivity contribution in [3.63, 3.8) is 0 Å². The number of alkyl carbamates (subject to hydrolysis) is 1. The summed E-state index contributed by atoms with van der Waals surface area (Å²) in [4.78, 5) is 11.6. The van der Waals surface area contributed by atoms with Gasteiger partial charge >= 0.3 is 6.09 Å². The summed E-state index contributed by atoms with van der Waals surface area (Å²) in [5, 5.41) is 4.99. The van der Waals surface area contributed by atoms with Crippen LogP contribution in [0.5, 0.6) is 5.75 Å². The molecule has 1 amide bonds. The van der Waals surface area contributed by atoms with Crippen molar-refractivity contribution in [2.75, 3.05) is 13.7 Å². The van der Waals surface area contributed by atoms with Crippen molar-refractivity contribution in [2.45, 2.75) is 32.8 Å². The molecule has 2 rings (SSSR count). The van der Waals surface area contributed by atoms with Crippen LogP contribution in [0, 0.1) is 0 Å². The van der Waals surface area contributed by atoms with Crippen LogP contribution in [0.2, 0.25) is 0 Å². The van der Waals surface area contributed by atoms with Crippen LogP contribution in [-0.2, 0) is 4.74 Å². The van der Waals surface area contributed by atoms with Gasteiger partial charge in [0, 0.05) is 11.9 Å². The average Bonchev–Trinajstić information content (AvgIpc) is 2.53. The van der Waals surface area contributed by atoms with Crippen molar-refractivity contribution in [3.05, 3.63) is 48.0 Å². The second kappa shape index (κ2) is 7.86. The fraction of sp³-hybridized carbons (Fsp3) is 0.350. The lowest BCUT2D eigenvalue weighted by Gasteiger charge is -2.19. The Morgan fingerprint density at radius 3 is 2.50 bits per heavy atom. The zero-order chi connectivity index (χ0) is 17.6. The molecular formula is C20H25NO3. The monoisotopic (exact) mass is 327 g/mol. The van der Waals surface area contributed by atoms with Gasteiger partial charge in [0.05, 0.1) is 7.11 Å². The molecule has 1 N–H and O–H groups in total. The van der Waals surface area contributed by atoms with Gasteiger partial charge in [-0.25, -0.2) is 4.79 Å². The SMILES string of the molecule is COc1ccc(C=CCCNC(=O)OC(C)(C)C)c2ccccc12. The molecule has 0 aromatic heterocycles. The Balaban J connectivity index is 1.96. The zero-order valence-corrected chi connectivity index (χ0v) is 14.8. The topological polar surface area (TPSA) is 47.6 Å². The summed E-state index contributed by atoms with van der Waals surface area (Å²) in [6.07, 6.45) is 4.47. The predicted molar refractivity (Wildman–Crippen MR) is 98.4 cm³/mol. The van der Waals surface area contributed by atoms with E-state index in [4.69, 9.17) is 9.47 Å². The fourth-order valence-corrected chi connectivity index (χ4v) is 2.40. The highest BCUT2D eigenvalue weighted by Crippen LogP contribution is 2.28. The van der Waals surface area contributed by atoms with Crippen LogP contribution >= 0.6 is 0 Å². The van der Waals surface area contributed by atoms with Crippen LogP contribution in [0.15, 0.2) is 42.5 Å². The molecule has 0 saturated carbocycles. The number of rotatable bonds is 5. The molecule has 4 nitrogen and oxygen atoms in total. The molecule has 0 unspecified atom stereocenters. The number of benzene rings is 2. The van der Waals surface area contributed by atoms with E-state index in [0.29, 0.717) is 6.54 Å². The van der Waals surface area contributed by atoms with E-state index < -0.39 is 5.60 Å². The lowest BCUT2D eigenvalue weighted by atomic mass is 10.0. The highest BCUT2D eigenvalue weighted by Gasteiger charge is 2.15. The molecule has 0 heterocycles. The number of hydrogen-bond acceptors (Lipinski definition) is 3. The maximum absolute atomic E-state index is 11.6. The highest BCUT2D eigenvalue weighted by molar-refractivity contribution is 5.94. The van der Waals surface area contributed by atoms with E-state index in [2.05, 4.69) is 23.5 Å². The molecular weight excluding hydrogens is 302 g/mol. The van der Waals surface area contributed by atoms with Gasteiger partial charge in [-0.05, 0) is 44.2 Å². The summed E-state index contributed by atoms with van der Waals surface area (Å²) in [5.41, 5.74) is 0.658. The maximum atomic E-state index is 11.6. The van der Waals surface area contributed by atoms with Gasteiger partial charge < -0.3 is 14.8 Å². The summed E-state index contributed by atoms with van der Waals surface area (Å²) >= 11 is 0. The number of hydrogen-bond donors (Lipinski definition) is 1. The lowest BCUT2D eigenvalue weighted by molar-refractivity contribution is 0.0529. The lowest BCUT2D eigenvalue weighted by Crippen LogP contribution is -2.32. The summed E-state index contributed by atoms with van der Waals surface area (Å²) in [6.45, 7) is 6.09. The summed E-state index contributed by atoms with van der Waals surface area (Å²) < 4.78 is 10.6. The van der Waals surface area contributed by atoms with Gasteiger partial charge in [0.25, 0.3) is 0 Å². The van der Waals surface area contributed by atoms with Crippen LogP contribution in [0.3, 0.4) is 0 Å². The van der Waals surface area contributed by atoms with E-state index in [9.17, 15) is 4.79 Å². The number of carbonyl (C=O) groups excluding carboxylic acids is 1. The molecule has 0 aliphatic rings. The van der Waals surface area contributed by atoms with Crippen LogP contribution in [0.25, 0.3) is 16.8 Å². The van der Waals surface area contributed by atoms with Crippen LogP contribution in [0.1, 0.15) is 32.8 Å². The Hall–Kier alpha value is -2.49. The van der Waals surface area contributed by atoms with Crippen molar-refractivity contribution in [2.24, 2.45) is 0 Å². The van der Waals surface area contributed by atoms with Gasteiger partial charge in [-0.3, -0.25) is 0 Å². The maximum Gasteiger partial charge on any atom is 0.407 e. The summed E-state index contributed by atoms with van der Waals surface area (Å²) in [5.74, 6) is 0.870. The molecule has 0 atom stereocenters. The number of carbonyl (C=O) groups is 1. The molecule has 0 spiro atoms. The summed E-state index contributed by atoms with van der Waals surface area (Å²) in [7, 11) is 1.68. The Morgan fingerprint density at radius 2 is 1.83 bits per heavy atom. The third-order valence-electron chi connectivity index (χ3n) is 3.41. The third kappa shape index (κ3) is 5.01. The molecule has 128 valence electrons. The Morgan fingerprint density at radius 1 is 1.12 bits per heavy atom. The Kier molecular flexibility index (Phi) is 5.85. The van der Waals surface area contributed by atoms with E-state index in [0.717, 1.165) is 28.5 Å². The quantitative estimate of drug-likeness (QED) is 0.804. The zero-order valence-electron chi connectivity index (χ0n) is 14.8. The van der Waals surface area contributed by atoms with E-state index in [1.165, 1.54) is 0 Å². The van der Waals surface area contributed by atoms with E-state index in [1.54, 1.807) is 7.11 Å². The smallest absolute Gasteiger partial charge is 0.407 e. The molecule has 0 bridgehead atoms. The van der Waals surface area contributed by atoms with Gasteiger partial charge in [0.2, 0.25) is 0 Å². The minimum atomic E-state index is -0.470. The highest BCUT2D eigenvalue weighted by atomic mass is 16.6. The van der Waals surface area contributed by atoms with E-state index in [1.807, 2.05) is 51.1 Å². The first-order valence-corrected chi connectivity index (χ1v) is 8.10. The van der Waals surface area contributed by atoms with Gasteiger partial charge in [-0.15, -0.1) is 0 Å². The molecule has 0 aliphatic carbocycles. The molecule has 24 heavy (non-hydrogen) atoms. The molecule has 0 fully saturated rings. The molecule has 0 saturated heterocycles. The van der Waals surface area contributed by atoms with Crippen molar-refractivity contribution in [1.29, 1.82) is 0 Å². The number of amides is 1. The molecule has 0 aliphatic heterocycles. The largest absolute Gasteiger partial charge is 0.496 e. The van der Waals surface area contributed by atoms with Crippen molar-refractivity contribution < 1.29 is 14.3 Å². The first-order chi connectivity index (χ1) is 11.4. The van der Waals surface area contributed by atoms with Crippen LogP contribution < -0.4 is 10.1 Å². The van der Waals surface area contributed by atoms with Gasteiger partial charge in [0.15, 0.2) is 0 Å². The van der Waals surface area contributed by atoms with Crippen molar-refractivity contribution in [3.8, 4) is 5.75 Å². The first-order valence-electron chi connectivity index (χ1n) is 8.10.